The zero-order chi connectivity index (χ0) is 24.2. The molecule has 0 aliphatic carbocycles. The molecule has 4 aromatic rings. The van der Waals surface area contributed by atoms with Crippen molar-refractivity contribution in [3.8, 4) is 17.0 Å². The SMILES string of the molecule is CCOc1cc(-c2cccc(Cl)c2)nc2ccc(C(=O)N3CCC(Cc4ccccc4)CC3)cc12. The summed E-state index contributed by atoms with van der Waals surface area (Å²) in [6, 6.07) is 25.9. The monoisotopic (exact) mass is 484 g/mol. The molecule has 0 saturated carbocycles. The number of hydrogen-bond acceptors (Lipinski definition) is 3. The number of piperidine rings is 1. The molecule has 178 valence electrons. The predicted octanol–water partition coefficient (Wildman–Crippen LogP) is 7.05. The summed E-state index contributed by atoms with van der Waals surface area (Å²) in [6.07, 6.45) is 3.14. The van der Waals surface area contributed by atoms with E-state index >= 15 is 0 Å². The van der Waals surface area contributed by atoms with E-state index in [0.29, 0.717) is 23.1 Å². The molecule has 1 saturated heterocycles. The van der Waals surface area contributed by atoms with Crippen molar-refractivity contribution in [3.63, 3.8) is 0 Å². The molecule has 0 spiro atoms. The molecule has 1 aliphatic heterocycles. The van der Waals surface area contributed by atoms with Crippen LogP contribution in [0.1, 0.15) is 35.7 Å². The largest absolute Gasteiger partial charge is 0.493 e. The quantitative estimate of drug-likeness (QED) is 0.294. The minimum atomic E-state index is 0.0754. The molecule has 5 heteroatoms. The summed E-state index contributed by atoms with van der Waals surface area (Å²) in [6.45, 7) is 4.07. The number of carbonyl (C=O) groups excluding carboxylic acids is 1. The maximum atomic E-state index is 13.4. The van der Waals surface area contributed by atoms with E-state index in [2.05, 4.69) is 30.3 Å². The van der Waals surface area contributed by atoms with Crippen LogP contribution in [0.25, 0.3) is 22.2 Å². The Balaban J connectivity index is 1.35. The first-order valence-electron chi connectivity index (χ1n) is 12.3. The van der Waals surface area contributed by atoms with E-state index in [1.807, 2.05) is 60.4 Å². The second-order valence-electron chi connectivity index (χ2n) is 9.11. The van der Waals surface area contributed by atoms with Crippen LogP contribution in [0.2, 0.25) is 5.02 Å². The van der Waals surface area contributed by atoms with Gasteiger partial charge in [0.2, 0.25) is 0 Å². The Kier molecular flexibility index (Phi) is 7.01. The van der Waals surface area contributed by atoms with Crippen LogP contribution in [0.4, 0.5) is 0 Å². The number of rotatable bonds is 6. The van der Waals surface area contributed by atoms with Crippen molar-refractivity contribution in [1.82, 2.24) is 9.88 Å². The Morgan fingerprint density at radius 2 is 1.80 bits per heavy atom. The van der Waals surface area contributed by atoms with Crippen LogP contribution in [0.5, 0.6) is 5.75 Å². The molecule has 1 amide bonds. The summed E-state index contributed by atoms with van der Waals surface area (Å²) < 4.78 is 5.96. The van der Waals surface area contributed by atoms with Gasteiger partial charge in [-0.3, -0.25) is 4.79 Å². The second kappa shape index (κ2) is 10.5. The van der Waals surface area contributed by atoms with E-state index in [1.165, 1.54) is 5.56 Å². The third-order valence-electron chi connectivity index (χ3n) is 6.71. The fraction of sp³-hybridized carbons (Fsp3) is 0.267. The molecule has 1 aliphatic rings. The van der Waals surface area contributed by atoms with Gasteiger partial charge in [0, 0.05) is 40.7 Å². The molecular weight excluding hydrogens is 456 g/mol. The molecule has 3 aromatic carbocycles. The molecule has 1 aromatic heterocycles. The Labute approximate surface area is 211 Å². The lowest BCUT2D eigenvalue weighted by molar-refractivity contribution is 0.0690. The van der Waals surface area contributed by atoms with E-state index in [1.54, 1.807) is 0 Å². The van der Waals surface area contributed by atoms with Gasteiger partial charge in [-0.25, -0.2) is 4.98 Å². The average Bonchev–Trinajstić information content (AvgIpc) is 2.89. The van der Waals surface area contributed by atoms with Crippen LogP contribution < -0.4 is 4.74 Å². The van der Waals surface area contributed by atoms with Crippen molar-refractivity contribution in [2.75, 3.05) is 19.7 Å². The highest BCUT2D eigenvalue weighted by Crippen LogP contribution is 2.32. The van der Waals surface area contributed by atoms with Crippen molar-refractivity contribution in [2.24, 2.45) is 5.92 Å². The first-order chi connectivity index (χ1) is 17.1. The van der Waals surface area contributed by atoms with Crippen LogP contribution in [-0.4, -0.2) is 35.5 Å². The third kappa shape index (κ3) is 5.33. The highest BCUT2D eigenvalue weighted by molar-refractivity contribution is 6.30. The minimum absolute atomic E-state index is 0.0754. The predicted molar refractivity (Wildman–Crippen MR) is 142 cm³/mol. The van der Waals surface area contributed by atoms with Gasteiger partial charge in [0.25, 0.3) is 5.91 Å². The summed E-state index contributed by atoms with van der Waals surface area (Å²) in [4.78, 5) is 20.2. The lowest BCUT2D eigenvalue weighted by Crippen LogP contribution is -2.38. The van der Waals surface area contributed by atoms with Gasteiger partial charge in [-0.05, 0) is 68.0 Å². The smallest absolute Gasteiger partial charge is 0.253 e. The summed E-state index contributed by atoms with van der Waals surface area (Å²) in [5.74, 6) is 1.42. The van der Waals surface area contributed by atoms with Gasteiger partial charge in [0.15, 0.2) is 0 Å². The number of ether oxygens (including phenoxy) is 1. The summed E-state index contributed by atoms with van der Waals surface area (Å²) in [7, 11) is 0. The molecule has 0 radical (unpaired) electrons. The molecule has 35 heavy (non-hydrogen) atoms. The van der Waals surface area contributed by atoms with Gasteiger partial charge in [0.05, 0.1) is 17.8 Å². The number of nitrogens with zero attached hydrogens (tertiary/aromatic N) is 2. The zero-order valence-electron chi connectivity index (χ0n) is 19.9. The summed E-state index contributed by atoms with van der Waals surface area (Å²) >= 11 is 6.19. The molecule has 4 nitrogen and oxygen atoms in total. The maximum Gasteiger partial charge on any atom is 0.253 e. The lowest BCUT2D eigenvalue weighted by Gasteiger charge is -2.32. The molecule has 5 rings (SSSR count). The Morgan fingerprint density at radius 1 is 1.00 bits per heavy atom. The Hall–Kier alpha value is -3.37. The Morgan fingerprint density at radius 3 is 2.54 bits per heavy atom. The van der Waals surface area contributed by atoms with Gasteiger partial charge in [-0.2, -0.15) is 0 Å². The van der Waals surface area contributed by atoms with Gasteiger partial charge in [-0.1, -0.05) is 54.1 Å². The fourth-order valence-corrected chi connectivity index (χ4v) is 5.06. The van der Waals surface area contributed by atoms with Gasteiger partial charge in [0.1, 0.15) is 5.75 Å². The summed E-state index contributed by atoms with van der Waals surface area (Å²) in [5.41, 5.74) is 4.57. The number of likely N-dealkylation sites (tertiary alicyclic amines) is 1. The lowest BCUT2D eigenvalue weighted by atomic mass is 9.90. The number of hydrogen-bond donors (Lipinski definition) is 0. The van der Waals surface area contributed by atoms with E-state index in [4.69, 9.17) is 21.3 Å². The van der Waals surface area contributed by atoms with E-state index < -0.39 is 0 Å². The van der Waals surface area contributed by atoms with Gasteiger partial charge >= 0.3 is 0 Å². The van der Waals surface area contributed by atoms with Crippen molar-refractivity contribution < 1.29 is 9.53 Å². The van der Waals surface area contributed by atoms with Crippen LogP contribution in [0, 0.1) is 5.92 Å². The second-order valence-corrected chi connectivity index (χ2v) is 9.54. The fourth-order valence-electron chi connectivity index (χ4n) is 4.87. The molecule has 0 atom stereocenters. The van der Waals surface area contributed by atoms with Crippen molar-refractivity contribution in [1.29, 1.82) is 0 Å². The van der Waals surface area contributed by atoms with Crippen molar-refractivity contribution in [3.05, 3.63) is 95.0 Å². The molecule has 0 bridgehead atoms. The van der Waals surface area contributed by atoms with Gasteiger partial charge < -0.3 is 9.64 Å². The van der Waals surface area contributed by atoms with Crippen LogP contribution in [0.3, 0.4) is 0 Å². The first kappa shape index (κ1) is 23.4. The maximum absolute atomic E-state index is 13.4. The minimum Gasteiger partial charge on any atom is -0.493 e. The summed E-state index contributed by atoms with van der Waals surface area (Å²) in [5, 5.41) is 1.51. The van der Waals surface area contributed by atoms with Crippen LogP contribution in [-0.2, 0) is 6.42 Å². The van der Waals surface area contributed by atoms with E-state index in [-0.39, 0.29) is 5.91 Å². The number of pyridine rings is 1. The number of fused-ring (bicyclic) bond motifs is 1. The van der Waals surface area contributed by atoms with Crippen LogP contribution in [0.15, 0.2) is 78.9 Å². The topological polar surface area (TPSA) is 42.4 Å². The number of amides is 1. The number of aromatic nitrogens is 1. The molecular formula is C30H29ClN2O2. The van der Waals surface area contributed by atoms with Gasteiger partial charge in [-0.15, -0.1) is 0 Å². The molecule has 0 N–H and O–H groups in total. The number of carbonyl (C=O) groups is 1. The highest BCUT2D eigenvalue weighted by Gasteiger charge is 2.24. The molecule has 0 unspecified atom stereocenters. The highest BCUT2D eigenvalue weighted by atomic mass is 35.5. The van der Waals surface area contributed by atoms with E-state index in [0.717, 1.165) is 60.3 Å². The normalized spacial score (nSPS) is 14.3. The van der Waals surface area contributed by atoms with E-state index in [9.17, 15) is 4.79 Å². The van der Waals surface area contributed by atoms with Crippen LogP contribution >= 0.6 is 11.6 Å². The Bertz CT molecular complexity index is 1330. The average molecular weight is 485 g/mol. The zero-order valence-corrected chi connectivity index (χ0v) is 20.7. The third-order valence-corrected chi connectivity index (χ3v) is 6.94. The van der Waals surface area contributed by atoms with Crippen molar-refractivity contribution in [2.45, 2.75) is 26.2 Å². The van der Waals surface area contributed by atoms with Crippen molar-refractivity contribution >= 4 is 28.4 Å². The number of benzene rings is 3. The molecule has 1 fully saturated rings. The first-order valence-corrected chi connectivity index (χ1v) is 12.6. The standard InChI is InChI=1S/C30H29ClN2O2/c1-2-35-29-20-28(23-9-6-10-25(31)18-23)32-27-12-11-24(19-26(27)29)30(34)33-15-13-22(14-16-33)17-21-7-4-3-5-8-21/h3-12,18-20,22H,2,13-17H2,1H3. The molecule has 2 heterocycles. The number of halogens is 1.